The fourth-order valence-corrected chi connectivity index (χ4v) is 6.65. The van der Waals surface area contributed by atoms with Crippen LogP contribution in [0.1, 0.15) is 45.1 Å². The molecule has 3 aromatic heterocycles. The SMILES string of the molecule is CN(c1nc2nc(-c3cc(C#N)c4nn(C)cc4c3)ncc2s1)C1CC2(C)CCC(C)(C1)N2. The normalized spacial score (nSPS) is 26.7. The molecule has 0 amide bonds. The van der Waals surface area contributed by atoms with Crippen LogP contribution in [-0.2, 0) is 7.05 Å². The molecule has 5 heterocycles. The summed E-state index contributed by atoms with van der Waals surface area (Å²) in [6.07, 6.45) is 8.45. The molecular weight excluding hydrogens is 432 g/mol. The summed E-state index contributed by atoms with van der Waals surface area (Å²) >= 11 is 1.64. The smallest absolute Gasteiger partial charge is 0.188 e. The van der Waals surface area contributed by atoms with Crippen LogP contribution in [0.25, 0.3) is 32.6 Å². The highest BCUT2D eigenvalue weighted by molar-refractivity contribution is 7.22. The van der Waals surface area contributed by atoms with Gasteiger partial charge in [0.15, 0.2) is 16.6 Å². The number of hydrogen-bond acceptors (Lipinski definition) is 8. The number of aromatic nitrogens is 5. The maximum Gasteiger partial charge on any atom is 0.188 e. The lowest BCUT2D eigenvalue weighted by Gasteiger charge is -2.45. The zero-order chi connectivity index (χ0) is 23.0. The summed E-state index contributed by atoms with van der Waals surface area (Å²) in [4.78, 5) is 16.6. The number of aryl methyl sites for hydroxylation is 1. The van der Waals surface area contributed by atoms with Crippen molar-refractivity contribution in [1.29, 1.82) is 5.26 Å². The molecule has 0 radical (unpaired) electrons. The number of anilines is 1. The van der Waals surface area contributed by atoms with Crippen molar-refractivity contribution in [3.8, 4) is 17.5 Å². The van der Waals surface area contributed by atoms with Crippen LogP contribution in [0, 0.1) is 11.3 Å². The molecular formula is C24H26N8S. The van der Waals surface area contributed by atoms with Crippen LogP contribution in [0.3, 0.4) is 0 Å². The molecule has 33 heavy (non-hydrogen) atoms. The molecule has 0 saturated carbocycles. The van der Waals surface area contributed by atoms with E-state index in [1.54, 1.807) is 16.0 Å². The first-order valence-corrected chi connectivity index (χ1v) is 12.1. The third-order valence-corrected chi connectivity index (χ3v) is 8.36. The van der Waals surface area contributed by atoms with E-state index < -0.39 is 0 Å². The first-order chi connectivity index (χ1) is 15.7. The summed E-state index contributed by atoms with van der Waals surface area (Å²) in [6.45, 7) is 4.70. The molecule has 2 fully saturated rings. The number of nitrogens with zero attached hydrogens (tertiary/aromatic N) is 7. The first kappa shape index (κ1) is 20.5. The second kappa shape index (κ2) is 6.95. The van der Waals surface area contributed by atoms with Crippen LogP contribution in [0.15, 0.2) is 24.5 Å². The maximum absolute atomic E-state index is 9.59. The zero-order valence-electron chi connectivity index (χ0n) is 19.3. The number of rotatable bonds is 3. The van der Waals surface area contributed by atoms with Crippen LogP contribution < -0.4 is 10.2 Å². The summed E-state index contributed by atoms with van der Waals surface area (Å²) in [7, 11) is 4.01. The number of nitrogens with one attached hydrogen (secondary N) is 1. The number of fused-ring (bicyclic) bond motifs is 4. The van der Waals surface area contributed by atoms with E-state index in [1.165, 1.54) is 12.8 Å². The molecule has 1 aromatic carbocycles. The van der Waals surface area contributed by atoms with Gasteiger partial charge in [0.05, 0.1) is 16.5 Å². The van der Waals surface area contributed by atoms with Crippen LogP contribution >= 0.6 is 11.3 Å². The van der Waals surface area contributed by atoms with Crippen LogP contribution in [-0.4, -0.2) is 48.9 Å². The van der Waals surface area contributed by atoms with E-state index in [2.05, 4.69) is 47.3 Å². The van der Waals surface area contributed by atoms with Crippen molar-refractivity contribution in [2.45, 2.75) is 56.7 Å². The van der Waals surface area contributed by atoms with Crippen molar-refractivity contribution in [3.63, 3.8) is 0 Å². The summed E-state index contributed by atoms with van der Waals surface area (Å²) < 4.78 is 2.69. The Morgan fingerprint density at radius 2 is 1.97 bits per heavy atom. The lowest BCUT2D eigenvalue weighted by molar-refractivity contribution is 0.208. The van der Waals surface area contributed by atoms with Crippen molar-refractivity contribution in [3.05, 3.63) is 30.1 Å². The van der Waals surface area contributed by atoms with Gasteiger partial charge in [0.2, 0.25) is 0 Å². The van der Waals surface area contributed by atoms with Gasteiger partial charge in [0.1, 0.15) is 11.6 Å². The predicted molar refractivity (Wildman–Crippen MR) is 130 cm³/mol. The Morgan fingerprint density at radius 3 is 2.70 bits per heavy atom. The van der Waals surface area contributed by atoms with Gasteiger partial charge in [0, 0.05) is 48.4 Å². The summed E-state index contributed by atoms with van der Waals surface area (Å²) in [5.41, 5.74) is 3.13. The van der Waals surface area contributed by atoms with Crippen molar-refractivity contribution in [2.75, 3.05) is 11.9 Å². The van der Waals surface area contributed by atoms with E-state index in [4.69, 9.17) is 9.97 Å². The van der Waals surface area contributed by atoms with Gasteiger partial charge in [-0.15, -0.1) is 0 Å². The van der Waals surface area contributed by atoms with Crippen molar-refractivity contribution in [1.82, 2.24) is 30.0 Å². The highest BCUT2D eigenvalue weighted by atomic mass is 32.1. The molecule has 2 saturated heterocycles. The van der Waals surface area contributed by atoms with Gasteiger partial charge in [0.25, 0.3) is 0 Å². The number of piperidine rings is 1. The largest absolute Gasteiger partial charge is 0.348 e. The van der Waals surface area contributed by atoms with Gasteiger partial charge in [-0.05, 0) is 51.7 Å². The van der Waals surface area contributed by atoms with Gasteiger partial charge in [-0.2, -0.15) is 15.3 Å². The Bertz CT molecular complexity index is 1430. The Labute approximate surface area is 196 Å². The van der Waals surface area contributed by atoms with Crippen LogP contribution in [0.5, 0.6) is 0 Å². The fraction of sp³-hybridized carbons (Fsp3) is 0.458. The van der Waals surface area contributed by atoms with Crippen LogP contribution in [0.4, 0.5) is 5.13 Å². The van der Waals surface area contributed by atoms with Crippen molar-refractivity contribution < 1.29 is 0 Å². The van der Waals surface area contributed by atoms with E-state index in [9.17, 15) is 5.26 Å². The third-order valence-electron chi connectivity index (χ3n) is 7.29. The van der Waals surface area contributed by atoms with Crippen molar-refractivity contribution in [2.24, 2.45) is 7.05 Å². The minimum atomic E-state index is 0.207. The second-order valence-electron chi connectivity index (χ2n) is 10.2. The molecule has 6 rings (SSSR count). The molecule has 168 valence electrons. The number of benzene rings is 1. The topological polar surface area (TPSA) is 95.5 Å². The van der Waals surface area contributed by atoms with E-state index in [0.717, 1.165) is 33.6 Å². The highest BCUT2D eigenvalue weighted by Crippen LogP contribution is 2.44. The van der Waals surface area contributed by atoms with E-state index >= 15 is 0 Å². The molecule has 8 nitrogen and oxygen atoms in total. The Balaban J connectivity index is 1.34. The second-order valence-corrected chi connectivity index (χ2v) is 11.2. The minimum Gasteiger partial charge on any atom is -0.348 e. The summed E-state index contributed by atoms with van der Waals surface area (Å²) in [5.74, 6) is 0.573. The quantitative estimate of drug-likeness (QED) is 0.495. The van der Waals surface area contributed by atoms with Gasteiger partial charge in [-0.3, -0.25) is 4.68 Å². The Hall–Kier alpha value is -3.09. The predicted octanol–water partition coefficient (Wildman–Crippen LogP) is 4.01. The number of thiazole rings is 1. The van der Waals surface area contributed by atoms with E-state index in [-0.39, 0.29) is 11.1 Å². The highest BCUT2D eigenvalue weighted by Gasteiger charge is 2.49. The molecule has 0 aliphatic carbocycles. The molecule has 4 aromatic rings. The third kappa shape index (κ3) is 3.36. The first-order valence-electron chi connectivity index (χ1n) is 11.3. The lowest BCUT2D eigenvalue weighted by Crippen LogP contribution is -2.58. The number of nitriles is 1. The standard InChI is InChI=1S/C24H26N8S/c1-23-5-6-24(2,30-23)10-17(9-23)32(4)22-28-21-18(33-22)12-26-20(27-21)14-7-15(11-25)19-16(8-14)13-31(3)29-19/h7-8,12-13,17,30H,5-6,9-10H2,1-4H3. The van der Waals surface area contributed by atoms with E-state index in [0.29, 0.717) is 28.6 Å². The van der Waals surface area contributed by atoms with Gasteiger partial charge in [-0.25, -0.2) is 9.97 Å². The van der Waals surface area contributed by atoms with Crippen LogP contribution in [0.2, 0.25) is 0 Å². The average Bonchev–Trinajstić information content (AvgIpc) is 3.43. The molecule has 2 aliphatic heterocycles. The monoisotopic (exact) mass is 458 g/mol. The molecule has 2 atom stereocenters. The van der Waals surface area contributed by atoms with Crippen molar-refractivity contribution >= 4 is 37.7 Å². The van der Waals surface area contributed by atoms with Gasteiger partial charge >= 0.3 is 0 Å². The minimum absolute atomic E-state index is 0.207. The van der Waals surface area contributed by atoms with Gasteiger partial charge in [-0.1, -0.05) is 11.3 Å². The molecule has 2 aliphatic rings. The van der Waals surface area contributed by atoms with E-state index in [1.807, 2.05) is 31.6 Å². The molecule has 0 spiro atoms. The fourth-order valence-electron chi connectivity index (χ4n) is 5.74. The average molecular weight is 459 g/mol. The maximum atomic E-state index is 9.59. The molecule has 2 unspecified atom stereocenters. The van der Waals surface area contributed by atoms with Gasteiger partial charge < -0.3 is 10.2 Å². The summed E-state index contributed by atoms with van der Waals surface area (Å²) in [6, 6.07) is 6.48. The molecule has 1 N–H and O–H groups in total. The summed E-state index contributed by atoms with van der Waals surface area (Å²) in [5, 5.41) is 19.7. The Morgan fingerprint density at radius 1 is 1.21 bits per heavy atom. The lowest BCUT2D eigenvalue weighted by atomic mass is 9.84. The Kier molecular flexibility index (Phi) is 4.32. The number of hydrogen-bond donors (Lipinski definition) is 1. The molecule has 9 heteroatoms. The molecule has 2 bridgehead atoms. The zero-order valence-corrected chi connectivity index (χ0v) is 20.1.